The zero-order valence-electron chi connectivity index (χ0n) is 17.8. The number of hydrogen-bond acceptors (Lipinski definition) is 2. The molecular formula is C24H26Cl3FN2O2. The zero-order valence-corrected chi connectivity index (χ0v) is 20.1. The van der Waals surface area contributed by atoms with Gasteiger partial charge in [-0.15, -0.1) is 0 Å². The number of carbonyl (C=O) groups is 2. The minimum atomic E-state index is -0.776. The third kappa shape index (κ3) is 6.37. The highest BCUT2D eigenvalue weighted by molar-refractivity contribution is 6.35. The summed E-state index contributed by atoms with van der Waals surface area (Å²) < 4.78 is 14.3. The summed E-state index contributed by atoms with van der Waals surface area (Å²) in [6.07, 6.45) is 4.92. The van der Waals surface area contributed by atoms with Gasteiger partial charge in [-0.25, -0.2) is 4.39 Å². The van der Waals surface area contributed by atoms with Crippen molar-refractivity contribution < 1.29 is 14.0 Å². The van der Waals surface area contributed by atoms with Crippen molar-refractivity contribution in [1.82, 2.24) is 10.2 Å². The Morgan fingerprint density at radius 3 is 2.47 bits per heavy atom. The maximum absolute atomic E-state index is 14.3. The van der Waals surface area contributed by atoms with E-state index in [9.17, 15) is 14.0 Å². The molecular weight excluding hydrogens is 474 g/mol. The molecule has 0 radical (unpaired) electrons. The van der Waals surface area contributed by atoms with Crippen LogP contribution in [-0.2, 0) is 22.6 Å². The molecule has 172 valence electrons. The first-order valence-electron chi connectivity index (χ1n) is 10.7. The van der Waals surface area contributed by atoms with Gasteiger partial charge in [-0.3, -0.25) is 9.59 Å². The smallest absolute Gasteiger partial charge is 0.242 e. The maximum Gasteiger partial charge on any atom is 0.242 e. The van der Waals surface area contributed by atoms with E-state index in [-0.39, 0.29) is 35.5 Å². The molecule has 0 unspecified atom stereocenters. The van der Waals surface area contributed by atoms with Gasteiger partial charge in [0.25, 0.3) is 0 Å². The van der Waals surface area contributed by atoms with Crippen LogP contribution in [0.3, 0.4) is 0 Å². The summed E-state index contributed by atoms with van der Waals surface area (Å²) in [5.74, 6) is -1.22. The van der Waals surface area contributed by atoms with Crippen molar-refractivity contribution in [1.29, 1.82) is 0 Å². The Hall–Kier alpha value is -1.82. The van der Waals surface area contributed by atoms with E-state index in [4.69, 9.17) is 34.8 Å². The molecule has 1 aliphatic carbocycles. The van der Waals surface area contributed by atoms with E-state index in [0.29, 0.717) is 15.6 Å². The fraction of sp³-hybridized carbons (Fsp3) is 0.417. The van der Waals surface area contributed by atoms with Gasteiger partial charge in [0.05, 0.1) is 6.42 Å². The van der Waals surface area contributed by atoms with Crippen molar-refractivity contribution in [2.75, 3.05) is 0 Å². The molecule has 32 heavy (non-hydrogen) atoms. The quantitative estimate of drug-likeness (QED) is 0.493. The van der Waals surface area contributed by atoms with Crippen LogP contribution in [-0.4, -0.2) is 28.8 Å². The summed E-state index contributed by atoms with van der Waals surface area (Å²) >= 11 is 18.4. The lowest BCUT2D eigenvalue weighted by molar-refractivity contribution is -0.140. The van der Waals surface area contributed by atoms with Crippen LogP contribution >= 0.6 is 34.8 Å². The summed E-state index contributed by atoms with van der Waals surface area (Å²) in [6, 6.07) is 8.58. The van der Waals surface area contributed by atoms with E-state index in [2.05, 4.69) is 5.32 Å². The molecule has 0 heterocycles. The van der Waals surface area contributed by atoms with Gasteiger partial charge in [-0.1, -0.05) is 66.2 Å². The lowest BCUT2D eigenvalue weighted by Crippen LogP contribution is -2.50. The molecule has 3 rings (SSSR count). The summed E-state index contributed by atoms with van der Waals surface area (Å²) in [6.45, 7) is 1.75. The van der Waals surface area contributed by atoms with E-state index in [1.165, 1.54) is 29.5 Å². The topological polar surface area (TPSA) is 49.4 Å². The van der Waals surface area contributed by atoms with Crippen LogP contribution in [0.15, 0.2) is 36.4 Å². The van der Waals surface area contributed by atoms with Crippen LogP contribution in [0.25, 0.3) is 0 Å². The van der Waals surface area contributed by atoms with Gasteiger partial charge >= 0.3 is 0 Å². The highest BCUT2D eigenvalue weighted by atomic mass is 35.5. The van der Waals surface area contributed by atoms with E-state index < -0.39 is 17.8 Å². The number of hydrogen-bond donors (Lipinski definition) is 1. The third-order valence-corrected chi connectivity index (χ3v) is 6.81. The Kier molecular flexibility index (Phi) is 8.80. The molecule has 2 aromatic carbocycles. The second kappa shape index (κ2) is 11.4. The zero-order chi connectivity index (χ0) is 23.3. The summed E-state index contributed by atoms with van der Waals surface area (Å²) in [5, 5.41) is 4.09. The molecule has 1 aliphatic rings. The van der Waals surface area contributed by atoms with Crippen LogP contribution in [0.4, 0.5) is 4.39 Å². The van der Waals surface area contributed by atoms with Crippen LogP contribution in [0.2, 0.25) is 15.1 Å². The monoisotopic (exact) mass is 498 g/mol. The minimum Gasteiger partial charge on any atom is -0.352 e. The SMILES string of the molecule is C[C@@H](C(=O)NC1CCCCC1)N(Cc1ccc(Cl)cc1Cl)C(=O)Cc1c(F)cccc1Cl. The molecule has 8 heteroatoms. The molecule has 1 fully saturated rings. The van der Waals surface area contributed by atoms with Crippen molar-refractivity contribution in [3.63, 3.8) is 0 Å². The van der Waals surface area contributed by atoms with Gasteiger partial charge in [-0.2, -0.15) is 0 Å². The lowest BCUT2D eigenvalue weighted by atomic mass is 9.95. The molecule has 2 aromatic rings. The van der Waals surface area contributed by atoms with Crippen LogP contribution in [0.1, 0.15) is 50.2 Å². The van der Waals surface area contributed by atoms with Gasteiger partial charge in [-0.05, 0) is 49.6 Å². The van der Waals surface area contributed by atoms with Crippen molar-refractivity contribution in [2.45, 2.75) is 64.1 Å². The van der Waals surface area contributed by atoms with Gasteiger partial charge in [0.15, 0.2) is 0 Å². The number of halogens is 4. The number of rotatable bonds is 7. The Labute approximate surface area is 203 Å². The molecule has 0 saturated heterocycles. The van der Waals surface area contributed by atoms with E-state index in [1.807, 2.05) is 0 Å². The predicted molar refractivity (Wildman–Crippen MR) is 127 cm³/mol. The number of carbonyl (C=O) groups excluding carboxylic acids is 2. The first-order valence-corrected chi connectivity index (χ1v) is 11.9. The van der Waals surface area contributed by atoms with E-state index in [0.717, 1.165) is 25.7 Å². The highest BCUT2D eigenvalue weighted by Gasteiger charge is 2.29. The molecule has 1 N–H and O–H groups in total. The van der Waals surface area contributed by atoms with Gasteiger partial charge < -0.3 is 10.2 Å². The van der Waals surface area contributed by atoms with Crippen molar-refractivity contribution in [3.8, 4) is 0 Å². The Morgan fingerprint density at radius 1 is 1.09 bits per heavy atom. The molecule has 0 bridgehead atoms. The standard InChI is InChI=1S/C24H26Cl3FN2O2/c1-15(24(32)29-18-6-3-2-4-7-18)30(14-16-10-11-17(25)12-21(16)27)23(31)13-19-20(26)8-5-9-22(19)28/h5,8-12,15,18H,2-4,6-7,13-14H2,1H3,(H,29,32)/t15-/m0/s1. The largest absolute Gasteiger partial charge is 0.352 e. The molecule has 1 saturated carbocycles. The number of nitrogens with one attached hydrogen (secondary N) is 1. The molecule has 1 atom stereocenters. The molecule has 2 amide bonds. The first kappa shape index (κ1) is 24.8. The fourth-order valence-corrected chi connectivity index (χ4v) is 4.64. The normalized spacial score (nSPS) is 15.3. The Bertz CT molecular complexity index is 959. The summed E-state index contributed by atoms with van der Waals surface area (Å²) in [4.78, 5) is 27.7. The van der Waals surface area contributed by atoms with E-state index >= 15 is 0 Å². The lowest BCUT2D eigenvalue weighted by Gasteiger charge is -2.31. The van der Waals surface area contributed by atoms with Crippen molar-refractivity contribution >= 4 is 46.6 Å². The third-order valence-electron chi connectivity index (χ3n) is 5.86. The van der Waals surface area contributed by atoms with Gasteiger partial charge in [0.1, 0.15) is 11.9 Å². The van der Waals surface area contributed by atoms with Crippen LogP contribution in [0.5, 0.6) is 0 Å². The van der Waals surface area contributed by atoms with Crippen molar-refractivity contribution in [3.05, 3.63) is 68.4 Å². The number of amides is 2. The Balaban J connectivity index is 1.83. The Morgan fingerprint density at radius 2 is 1.81 bits per heavy atom. The second-order valence-electron chi connectivity index (χ2n) is 8.15. The average Bonchev–Trinajstić information content (AvgIpc) is 2.76. The number of nitrogens with zero attached hydrogens (tertiary/aromatic N) is 1. The van der Waals surface area contributed by atoms with E-state index in [1.54, 1.807) is 25.1 Å². The molecule has 0 spiro atoms. The fourth-order valence-electron chi connectivity index (χ4n) is 3.94. The van der Waals surface area contributed by atoms with Crippen LogP contribution < -0.4 is 5.32 Å². The second-order valence-corrected chi connectivity index (χ2v) is 9.40. The highest BCUT2D eigenvalue weighted by Crippen LogP contribution is 2.25. The number of benzene rings is 2. The van der Waals surface area contributed by atoms with Crippen LogP contribution in [0, 0.1) is 5.82 Å². The molecule has 4 nitrogen and oxygen atoms in total. The average molecular weight is 500 g/mol. The van der Waals surface area contributed by atoms with Gasteiger partial charge in [0.2, 0.25) is 11.8 Å². The first-order chi connectivity index (χ1) is 15.3. The summed E-state index contributed by atoms with van der Waals surface area (Å²) in [5.41, 5.74) is 0.743. The maximum atomic E-state index is 14.3. The predicted octanol–water partition coefficient (Wildman–Crippen LogP) is 6.19. The molecule has 0 aliphatic heterocycles. The minimum absolute atomic E-state index is 0.0835. The molecule has 0 aromatic heterocycles. The van der Waals surface area contributed by atoms with Crippen molar-refractivity contribution in [2.24, 2.45) is 0 Å². The van der Waals surface area contributed by atoms with Gasteiger partial charge in [0, 0.05) is 33.2 Å². The summed E-state index contributed by atoms with van der Waals surface area (Å²) in [7, 11) is 0.